The molecule has 1 aliphatic rings. The van der Waals surface area contributed by atoms with Gasteiger partial charge in [0.25, 0.3) is 5.91 Å². The van der Waals surface area contributed by atoms with Crippen molar-refractivity contribution in [3.8, 4) is 0 Å². The molecule has 2 heterocycles. The third-order valence-corrected chi connectivity index (χ3v) is 3.38. The molecule has 1 amide bonds. The van der Waals surface area contributed by atoms with Crippen molar-refractivity contribution in [1.29, 1.82) is 0 Å². The van der Waals surface area contributed by atoms with Crippen molar-refractivity contribution in [3.63, 3.8) is 0 Å². The van der Waals surface area contributed by atoms with Gasteiger partial charge in [-0.25, -0.2) is 4.79 Å². The molecule has 20 heavy (non-hydrogen) atoms. The van der Waals surface area contributed by atoms with Crippen LogP contribution in [-0.2, 0) is 16.1 Å². The lowest BCUT2D eigenvalue weighted by molar-refractivity contribution is -0.133. The van der Waals surface area contributed by atoms with Gasteiger partial charge in [-0.05, 0) is 25.3 Å². The van der Waals surface area contributed by atoms with Crippen molar-refractivity contribution < 1.29 is 14.3 Å². The lowest BCUT2D eigenvalue weighted by Gasteiger charge is -2.15. The largest absolute Gasteiger partial charge is 0.451 e. The van der Waals surface area contributed by atoms with Crippen molar-refractivity contribution in [2.75, 3.05) is 25.4 Å². The quantitative estimate of drug-likeness (QED) is 0.823. The minimum Gasteiger partial charge on any atom is -0.451 e. The van der Waals surface area contributed by atoms with E-state index in [0.717, 1.165) is 32.4 Å². The number of ether oxygens (including phenoxy) is 1. The Morgan fingerprint density at radius 3 is 2.70 bits per heavy atom. The average Bonchev–Trinajstić information content (AvgIpc) is 3.05. The molecule has 0 atom stereocenters. The van der Waals surface area contributed by atoms with Crippen LogP contribution in [0.4, 0.5) is 5.69 Å². The Morgan fingerprint density at radius 1 is 1.35 bits per heavy atom. The van der Waals surface area contributed by atoms with Crippen LogP contribution in [0.3, 0.4) is 0 Å². The molecule has 2 N–H and O–H groups in total. The van der Waals surface area contributed by atoms with E-state index in [-0.39, 0.29) is 12.5 Å². The highest BCUT2D eigenvalue weighted by molar-refractivity contribution is 5.91. The van der Waals surface area contributed by atoms with Crippen molar-refractivity contribution >= 4 is 17.6 Å². The molecule has 2 rings (SSSR count). The summed E-state index contributed by atoms with van der Waals surface area (Å²) in [5.74, 6) is -0.625. The highest BCUT2D eigenvalue weighted by Gasteiger charge is 2.20. The number of nitrogen functional groups attached to an aromatic ring is 1. The molecule has 1 aliphatic heterocycles. The third kappa shape index (κ3) is 3.31. The zero-order chi connectivity index (χ0) is 14.5. The zero-order valence-electron chi connectivity index (χ0n) is 11.8. The second-order valence-electron chi connectivity index (χ2n) is 5.02. The van der Waals surface area contributed by atoms with Gasteiger partial charge in [-0.15, -0.1) is 0 Å². The molecular formula is C14H21N3O3. The zero-order valence-corrected chi connectivity index (χ0v) is 11.8. The fourth-order valence-corrected chi connectivity index (χ4v) is 2.39. The standard InChI is InChI=1S/C14H21N3O3/c1-2-5-17-9-11(15)8-12(17)14(19)20-10-13(18)16-6-3-4-7-16/h8-9H,2-7,10,15H2,1H3. The summed E-state index contributed by atoms with van der Waals surface area (Å²) in [5.41, 5.74) is 6.62. The van der Waals surface area contributed by atoms with Crippen molar-refractivity contribution in [3.05, 3.63) is 18.0 Å². The van der Waals surface area contributed by atoms with Crippen LogP contribution >= 0.6 is 0 Å². The van der Waals surface area contributed by atoms with Crippen molar-refractivity contribution in [1.82, 2.24) is 9.47 Å². The van der Waals surface area contributed by atoms with E-state index < -0.39 is 5.97 Å². The van der Waals surface area contributed by atoms with Gasteiger partial charge in [-0.3, -0.25) is 4.79 Å². The van der Waals surface area contributed by atoms with E-state index in [0.29, 0.717) is 17.9 Å². The Morgan fingerprint density at radius 2 is 2.05 bits per heavy atom. The molecule has 1 aromatic rings. The van der Waals surface area contributed by atoms with Gasteiger partial charge in [0.15, 0.2) is 6.61 Å². The van der Waals surface area contributed by atoms with E-state index >= 15 is 0 Å². The SMILES string of the molecule is CCCn1cc(N)cc1C(=O)OCC(=O)N1CCCC1. The normalized spacial score (nSPS) is 14.6. The molecule has 6 heteroatoms. The number of carbonyl (C=O) groups is 2. The Hall–Kier alpha value is -1.98. The number of hydrogen-bond acceptors (Lipinski definition) is 4. The molecule has 6 nitrogen and oxygen atoms in total. The summed E-state index contributed by atoms with van der Waals surface area (Å²) >= 11 is 0. The Labute approximate surface area is 118 Å². The lowest BCUT2D eigenvalue weighted by atomic mass is 10.4. The fraction of sp³-hybridized carbons (Fsp3) is 0.571. The smallest absolute Gasteiger partial charge is 0.355 e. The van der Waals surface area contributed by atoms with Crippen LogP contribution in [0.15, 0.2) is 12.3 Å². The number of aryl methyl sites for hydroxylation is 1. The second-order valence-corrected chi connectivity index (χ2v) is 5.02. The highest BCUT2D eigenvalue weighted by Crippen LogP contribution is 2.13. The average molecular weight is 279 g/mol. The number of anilines is 1. The molecule has 1 aromatic heterocycles. The van der Waals surface area contributed by atoms with E-state index in [1.54, 1.807) is 21.7 Å². The highest BCUT2D eigenvalue weighted by atomic mass is 16.5. The van der Waals surface area contributed by atoms with Crippen LogP contribution in [0, 0.1) is 0 Å². The van der Waals surface area contributed by atoms with Crippen LogP contribution in [-0.4, -0.2) is 41.0 Å². The van der Waals surface area contributed by atoms with Crippen LogP contribution in [0.2, 0.25) is 0 Å². The molecule has 0 radical (unpaired) electrons. The molecule has 0 aliphatic carbocycles. The predicted octanol–water partition coefficient (Wildman–Crippen LogP) is 1.26. The van der Waals surface area contributed by atoms with Gasteiger partial charge < -0.3 is 19.9 Å². The number of esters is 1. The van der Waals surface area contributed by atoms with Gasteiger partial charge in [-0.2, -0.15) is 0 Å². The first-order valence-corrected chi connectivity index (χ1v) is 7.02. The fourth-order valence-electron chi connectivity index (χ4n) is 2.39. The number of nitrogens with zero attached hydrogens (tertiary/aromatic N) is 2. The van der Waals surface area contributed by atoms with E-state index in [9.17, 15) is 9.59 Å². The molecule has 1 fully saturated rings. The maximum Gasteiger partial charge on any atom is 0.355 e. The van der Waals surface area contributed by atoms with Crippen molar-refractivity contribution in [2.24, 2.45) is 0 Å². The van der Waals surface area contributed by atoms with Crippen LogP contribution < -0.4 is 5.73 Å². The number of likely N-dealkylation sites (tertiary alicyclic amines) is 1. The maximum absolute atomic E-state index is 12.0. The molecular weight excluding hydrogens is 258 g/mol. The summed E-state index contributed by atoms with van der Waals surface area (Å²) in [6.45, 7) is 4.03. The lowest BCUT2D eigenvalue weighted by Crippen LogP contribution is -2.32. The van der Waals surface area contributed by atoms with Crippen LogP contribution in [0.1, 0.15) is 36.7 Å². The van der Waals surface area contributed by atoms with Gasteiger partial charge in [0.1, 0.15) is 5.69 Å². The van der Waals surface area contributed by atoms with E-state index in [2.05, 4.69) is 0 Å². The van der Waals surface area contributed by atoms with Gasteiger partial charge in [0, 0.05) is 25.8 Å². The van der Waals surface area contributed by atoms with E-state index in [1.807, 2.05) is 6.92 Å². The van der Waals surface area contributed by atoms with Gasteiger partial charge in [0.05, 0.1) is 5.69 Å². The van der Waals surface area contributed by atoms with E-state index in [1.165, 1.54) is 0 Å². The summed E-state index contributed by atoms with van der Waals surface area (Å²) in [7, 11) is 0. The number of nitrogens with two attached hydrogens (primary N) is 1. The molecule has 0 saturated carbocycles. The first kappa shape index (κ1) is 14.4. The molecule has 0 unspecified atom stereocenters. The Kier molecular flexibility index (Phi) is 4.65. The minimum atomic E-state index is -0.498. The maximum atomic E-state index is 12.0. The first-order chi connectivity index (χ1) is 9.61. The van der Waals surface area contributed by atoms with Gasteiger partial charge in [0.2, 0.25) is 0 Å². The second kappa shape index (κ2) is 6.45. The Bertz CT molecular complexity index is 490. The van der Waals surface area contributed by atoms with Crippen molar-refractivity contribution in [2.45, 2.75) is 32.7 Å². The summed E-state index contributed by atoms with van der Waals surface area (Å²) < 4.78 is 6.86. The summed E-state index contributed by atoms with van der Waals surface area (Å²) in [4.78, 5) is 25.5. The summed E-state index contributed by atoms with van der Waals surface area (Å²) in [5, 5.41) is 0. The monoisotopic (exact) mass is 279 g/mol. The summed E-state index contributed by atoms with van der Waals surface area (Å²) in [6, 6.07) is 1.58. The number of amides is 1. The molecule has 0 aromatic carbocycles. The number of carbonyl (C=O) groups excluding carboxylic acids is 2. The molecule has 1 saturated heterocycles. The predicted molar refractivity (Wildman–Crippen MR) is 75.2 cm³/mol. The molecule has 110 valence electrons. The molecule has 0 spiro atoms. The van der Waals surface area contributed by atoms with Gasteiger partial charge in [-0.1, -0.05) is 6.92 Å². The molecule has 0 bridgehead atoms. The number of hydrogen-bond donors (Lipinski definition) is 1. The van der Waals surface area contributed by atoms with E-state index in [4.69, 9.17) is 10.5 Å². The van der Waals surface area contributed by atoms with Crippen LogP contribution in [0.25, 0.3) is 0 Å². The minimum absolute atomic E-state index is 0.127. The van der Waals surface area contributed by atoms with Gasteiger partial charge >= 0.3 is 5.97 Å². The first-order valence-electron chi connectivity index (χ1n) is 7.02. The number of rotatable bonds is 5. The number of aromatic nitrogens is 1. The third-order valence-electron chi connectivity index (χ3n) is 3.38. The van der Waals surface area contributed by atoms with Crippen LogP contribution in [0.5, 0.6) is 0 Å². The topological polar surface area (TPSA) is 77.6 Å². The Balaban J connectivity index is 1.92. The summed E-state index contributed by atoms with van der Waals surface area (Å²) in [6.07, 6.45) is 4.65.